The third-order valence-electron chi connectivity index (χ3n) is 8.16. The molecule has 11 heteroatoms. The van der Waals surface area contributed by atoms with Gasteiger partial charge in [0.15, 0.2) is 0 Å². The Bertz CT molecular complexity index is 1960. The number of aryl methyl sites for hydroxylation is 1. The van der Waals surface area contributed by atoms with Crippen molar-refractivity contribution in [3.63, 3.8) is 0 Å². The molecule has 5 nitrogen and oxygen atoms in total. The number of carbonyl (C=O) groups is 2. The molecule has 2 N–H and O–H groups in total. The summed E-state index contributed by atoms with van der Waals surface area (Å²) >= 11 is 0. The highest BCUT2D eigenvalue weighted by atomic mass is 19.4. The number of hydrogen-bond acceptors (Lipinski definition) is 2. The molecule has 1 amide bonds. The molecule has 0 fully saturated rings. The summed E-state index contributed by atoms with van der Waals surface area (Å²) in [5, 5.41) is 12.7. The molecule has 46 heavy (non-hydrogen) atoms. The quantitative estimate of drug-likeness (QED) is 0.175. The Morgan fingerprint density at radius 1 is 0.848 bits per heavy atom. The number of alkyl halides is 6. The van der Waals surface area contributed by atoms with Crippen LogP contribution < -0.4 is 5.32 Å². The van der Waals surface area contributed by atoms with Gasteiger partial charge >= 0.3 is 18.3 Å². The number of carboxylic acid groups (broad SMARTS) is 1. The molecule has 5 rings (SSSR count). The smallest absolute Gasteiger partial charge is 0.416 e. The van der Waals surface area contributed by atoms with Gasteiger partial charge in [-0.25, -0.2) is 4.79 Å². The van der Waals surface area contributed by atoms with Crippen molar-refractivity contribution in [2.75, 3.05) is 0 Å². The zero-order chi connectivity index (χ0) is 33.6. The van der Waals surface area contributed by atoms with Crippen LogP contribution in [0.5, 0.6) is 0 Å². The molecule has 0 bridgehead atoms. The fourth-order valence-electron chi connectivity index (χ4n) is 5.60. The van der Waals surface area contributed by atoms with Crippen molar-refractivity contribution in [2.24, 2.45) is 0 Å². The summed E-state index contributed by atoms with van der Waals surface area (Å²) in [6.07, 6.45) is -9.78. The molecule has 1 atom stereocenters. The lowest BCUT2D eigenvalue weighted by Crippen LogP contribution is -2.28. The first kappa shape index (κ1) is 32.3. The van der Waals surface area contributed by atoms with Crippen molar-refractivity contribution in [1.82, 2.24) is 9.88 Å². The number of nitrogens with zero attached hydrogens (tertiary/aromatic N) is 1. The molecule has 1 heterocycles. The number of rotatable bonds is 7. The van der Waals surface area contributed by atoms with Gasteiger partial charge in [0.05, 0.1) is 22.7 Å². The van der Waals surface area contributed by atoms with Gasteiger partial charge in [0, 0.05) is 28.7 Å². The van der Waals surface area contributed by atoms with Gasteiger partial charge in [-0.2, -0.15) is 26.3 Å². The fraction of sp³-hybridized carbons (Fsp3) is 0.200. The van der Waals surface area contributed by atoms with E-state index in [0.29, 0.717) is 30.3 Å². The van der Waals surface area contributed by atoms with Crippen molar-refractivity contribution in [2.45, 2.75) is 45.7 Å². The van der Waals surface area contributed by atoms with Gasteiger partial charge in [-0.05, 0) is 91.1 Å². The number of nitrogens with one attached hydrogen (secondary N) is 1. The van der Waals surface area contributed by atoms with E-state index in [4.69, 9.17) is 0 Å². The average Bonchev–Trinajstić information content (AvgIpc) is 3.24. The molecule has 0 aliphatic carbocycles. The highest BCUT2D eigenvalue weighted by Gasteiger charge is 2.38. The number of aromatic carboxylic acids is 1. The van der Waals surface area contributed by atoms with Gasteiger partial charge in [-0.15, -0.1) is 0 Å². The van der Waals surface area contributed by atoms with Gasteiger partial charge < -0.3 is 15.0 Å². The molecular weight excluding hydrogens is 610 g/mol. The average molecular weight is 639 g/mol. The normalized spacial score (nSPS) is 12.7. The van der Waals surface area contributed by atoms with Crippen LogP contribution in [0.3, 0.4) is 0 Å². The summed E-state index contributed by atoms with van der Waals surface area (Å²) in [6.45, 7) is 5.47. The van der Waals surface area contributed by atoms with E-state index in [-0.39, 0.29) is 11.1 Å². The lowest BCUT2D eigenvalue weighted by Gasteiger charge is -2.21. The SMILES string of the molecule is Cc1c(C)n(Cc2ccc(-c3ccccc3C(=O)O)cc2)c2ccc(C(=O)NC(C)c3cc(C(F)(F)F)ccc3C(F)(F)F)cc12. The van der Waals surface area contributed by atoms with Crippen molar-refractivity contribution in [1.29, 1.82) is 0 Å². The maximum atomic E-state index is 13.6. The van der Waals surface area contributed by atoms with E-state index in [9.17, 15) is 41.0 Å². The third-order valence-corrected chi connectivity index (χ3v) is 8.16. The largest absolute Gasteiger partial charge is 0.478 e. The van der Waals surface area contributed by atoms with Gasteiger partial charge in [0.1, 0.15) is 0 Å². The number of halogens is 6. The van der Waals surface area contributed by atoms with Crippen LogP contribution >= 0.6 is 0 Å². The van der Waals surface area contributed by atoms with E-state index in [1.54, 1.807) is 36.4 Å². The lowest BCUT2D eigenvalue weighted by molar-refractivity contribution is -0.142. The molecule has 0 saturated heterocycles. The molecule has 238 valence electrons. The van der Waals surface area contributed by atoms with Gasteiger partial charge in [0.25, 0.3) is 5.91 Å². The second-order valence-electron chi connectivity index (χ2n) is 11.1. The van der Waals surface area contributed by atoms with Crippen LogP contribution in [0.4, 0.5) is 26.3 Å². The van der Waals surface area contributed by atoms with E-state index < -0.39 is 47.0 Å². The van der Waals surface area contributed by atoms with Crippen LogP contribution in [0.1, 0.15) is 67.2 Å². The minimum atomic E-state index is -4.92. The van der Waals surface area contributed by atoms with E-state index in [1.807, 2.05) is 42.7 Å². The highest BCUT2D eigenvalue weighted by Crippen LogP contribution is 2.39. The van der Waals surface area contributed by atoms with Crippen LogP contribution in [0, 0.1) is 13.8 Å². The number of carboxylic acids is 1. The number of fused-ring (bicyclic) bond motifs is 1. The Labute approximate surface area is 260 Å². The second-order valence-corrected chi connectivity index (χ2v) is 11.1. The van der Waals surface area contributed by atoms with Crippen LogP contribution in [0.2, 0.25) is 0 Å². The monoisotopic (exact) mass is 638 g/mol. The summed E-state index contributed by atoms with van der Waals surface area (Å²) in [7, 11) is 0. The summed E-state index contributed by atoms with van der Waals surface area (Å²) < 4.78 is 82.8. The number of aromatic nitrogens is 1. The number of benzene rings is 4. The molecule has 1 aromatic heterocycles. The lowest BCUT2D eigenvalue weighted by atomic mass is 9.97. The molecule has 1 unspecified atom stereocenters. The second kappa shape index (κ2) is 12.0. The van der Waals surface area contributed by atoms with Gasteiger partial charge in [0.2, 0.25) is 0 Å². The standard InChI is InChI=1S/C35H28F6N2O3/c1-19-21(3)43(18-22-8-10-23(11-9-22)26-6-4-5-7-27(26)33(45)46)31-15-12-24(16-28(19)31)32(44)42-20(2)29-17-25(34(36,37)38)13-14-30(29)35(39,40)41/h4-17,20H,18H2,1-3H3,(H,42,44)(H,45,46). The molecule has 0 aliphatic rings. The zero-order valence-electron chi connectivity index (χ0n) is 24.8. The molecule has 4 aromatic carbocycles. The van der Waals surface area contributed by atoms with Crippen molar-refractivity contribution in [3.8, 4) is 11.1 Å². The molecule has 0 aliphatic heterocycles. The maximum absolute atomic E-state index is 13.6. The van der Waals surface area contributed by atoms with Crippen LogP contribution in [-0.2, 0) is 18.9 Å². The summed E-state index contributed by atoms with van der Waals surface area (Å²) in [4.78, 5) is 24.8. The van der Waals surface area contributed by atoms with Crippen LogP contribution in [-0.4, -0.2) is 21.6 Å². The molecule has 0 radical (unpaired) electrons. The topological polar surface area (TPSA) is 71.3 Å². The predicted molar refractivity (Wildman–Crippen MR) is 162 cm³/mol. The highest BCUT2D eigenvalue weighted by molar-refractivity contribution is 5.99. The van der Waals surface area contributed by atoms with Crippen molar-refractivity contribution in [3.05, 3.63) is 130 Å². The molecule has 0 saturated carbocycles. The Balaban J connectivity index is 1.40. The number of amides is 1. The summed E-state index contributed by atoms with van der Waals surface area (Å²) in [5.41, 5.74) is 2.04. The summed E-state index contributed by atoms with van der Waals surface area (Å²) in [5.74, 6) is -1.75. The first-order valence-electron chi connectivity index (χ1n) is 14.2. The summed E-state index contributed by atoms with van der Waals surface area (Å²) in [6, 6.07) is 18.9. The number of carbonyl (C=O) groups excluding carboxylic acids is 1. The number of hydrogen-bond donors (Lipinski definition) is 2. The van der Waals surface area contributed by atoms with E-state index in [0.717, 1.165) is 33.3 Å². The maximum Gasteiger partial charge on any atom is 0.416 e. The van der Waals surface area contributed by atoms with Crippen molar-refractivity contribution < 1.29 is 41.0 Å². The van der Waals surface area contributed by atoms with E-state index >= 15 is 0 Å². The predicted octanol–water partition coefficient (Wildman–Crippen LogP) is 9.20. The van der Waals surface area contributed by atoms with Crippen molar-refractivity contribution >= 4 is 22.8 Å². The Hall–Kier alpha value is -5.06. The molecular formula is C35H28F6N2O3. The Kier molecular flexibility index (Phi) is 8.46. The van der Waals surface area contributed by atoms with Crippen LogP contribution in [0.25, 0.3) is 22.0 Å². The fourth-order valence-corrected chi connectivity index (χ4v) is 5.60. The minimum Gasteiger partial charge on any atom is -0.478 e. The van der Waals surface area contributed by atoms with Gasteiger partial charge in [-0.1, -0.05) is 42.5 Å². The molecule has 0 spiro atoms. The zero-order valence-corrected chi connectivity index (χ0v) is 24.8. The first-order chi connectivity index (χ1) is 21.6. The van der Waals surface area contributed by atoms with E-state index in [1.165, 1.54) is 13.0 Å². The van der Waals surface area contributed by atoms with Gasteiger partial charge in [-0.3, -0.25) is 4.79 Å². The first-order valence-corrected chi connectivity index (χ1v) is 14.2. The minimum absolute atomic E-state index is 0.140. The Morgan fingerprint density at radius 2 is 1.52 bits per heavy atom. The van der Waals surface area contributed by atoms with Crippen LogP contribution in [0.15, 0.2) is 84.9 Å². The van der Waals surface area contributed by atoms with E-state index in [2.05, 4.69) is 5.32 Å². The molecule has 5 aromatic rings. The third kappa shape index (κ3) is 6.35. The Morgan fingerprint density at radius 3 is 2.15 bits per heavy atom.